The molecule has 34 heavy (non-hydrogen) atoms. The van der Waals surface area contributed by atoms with Gasteiger partial charge in [0.2, 0.25) is 0 Å². The normalized spacial score (nSPS) is 13.4. The second-order valence-electron chi connectivity index (χ2n) is 6.83. The van der Waals surface area contributed by atoms with Crippen LogP contribution in [0.15, 0.2) is 6.07 Å². The first-order chi connectivity index (χ1) is 15.3. The van der Waals surface area contributed by atoms with Crippen LogP contribution in [0.5, 0.6) is 0 Å². The average molecular weight is 502 g/mol. The Bertz CT molecular complexity index is 913. The summed E-state index contributed by atoms with van der Waals surface area (Å²) in [7, 11) is 0. The van der Waals surface area contributed by atoms with Crippen LogP contribution in [0.1, 0.15) is 35.5 Å². The maximum Gasteiger partial charge on any atom is 0.490 e. The van der Waals surface area contributed by atoms with Crippen molar-refractivity contribution in [3.05, 3.63) is 22.9 Å². The van der Waals surface area contributed by atoms with Crippen LogP contribution in [0, 0.1) is 18.3 Å². The summed E-state index contributed by atoms with van der Waals surface area (Å²) in [5.41, 5.74) is 7.01. The van der Waals surface area contributed by atoms with E-state index in [2.05, 4.69) is 11.1 Å². The molecule has 0 bridgehead atoms. The van der Waals surface area contributed by atoms with E-state index in [1.807, 2.05) is 4.90 Å². The molecule has 0 atom stereocenters. The molecule has 1 fully saturated rings. The van der Waals surface area contributed by atoms with E-state index in [9.17, 15) is 36.4 Å². The Morgan fingerprint density at radius 1 is 1.15 bits per heavy atom. The number of halogens is 6. The average Bonchev–Trinajstić information content (AvgIpc) is 2.64. The Hall–Kier alpha value is -3.61. The van der Waals surface area contributed by atoms with E-state index in [1.54, 1.807) is 26.8 Å². The summed E-state index contributed by atoms with van der Waals surface area (Å²) >= 11 is 0. The number of aromatic nitrogens is 1. The minimum atomic E-state index is -5.08. The fourth-order valence-corrected chi connectivity index (χ4v) is 2.09. The molecule has 1 aromatic heterocycles. The molecule has 2 heterocycles. The van der Waals surface area contributed by atoms with Crippen molar-refractivity contribution in [1.82, 2.24) is 4.98 Å². The van der Waals surface area contributed by atoms with Gasteiger partial charge in [-0.1, -0.05) is 0 Å². The van der Waals surface area contributed by atoms with Crippen LogP contribution >= 0.6 is 0 Å². The summed E-state index contributed by atoms with van der Waals surface area (Å²) in [6, 6.07) is 3.75. The highest BCUT2D eigenvalue weighted by Gasteiger charge is 2.38. The van der Waals surface area contributed by atoms with Crippen molar-refractivity contribution in [2.45, 2.75) is 45.3 Å². The number of carbonyl (C=O) groups excluding carboxylic acids is 1. The number of hydrogen-bond acceptors (Lipinski definition) is 8. The van der Waals surface area contributed by atoms with Crippen LogP contribution in [0.2, 0.25) is 0 Å². The molecule has 10 nitrogen and oxygen atoms in total. The van der Waals surface area contributed by atoms with Crippen molar-refractivity contribution in [3.8, 4) is 6.07 Å². The Balaban J connectivity index is 0.000000642. The molecule has 0 spiro atoms. The third kappa shape index (κ3) is 9.90. The number of aryl methyl sites for hydroxylation is 1. The van der Waals surface area contributed by atoms with E-state index in [0.29, 0.717) is 35.7 Å². The van der Waals surface area contributed by atoms with Gasteiger partial charge in [-0.3, -0.25) is 0 Å². The largest absolute Gasteiger partial charge is 0.490 e. The van der Waals surface area contributed by atoms with E-state index < -0.39 is 30.3 Å². The number of aliphatic carboxylic acids is 2. The lowest BCUT2D eigenvalue weighted by molar-refractivity contribution is -0.193. The minimum absolute atomic E-state index is 0.120. The van der Waals surface area contributed by atoms with Gasteiger partial charge in [-0.25, -0.2) is 19.4 Å². The molecule has 0 unspecified atom stereocenters. The fourth-order valence-electron chi connectivity index (χ4n) is 2.09. The molecule has 0 amide bonds. The third-order valence-corrected chi connectivity index (χ3v) is 3.57. The van der Waals surface area contributed by atoms with Crippen molar-refractivity contribution in [1.29, 1.82) is 5.26 Å². The van der Waals surface area contributed by atoms with Gasteiger partial charge in [0.15, 0.2) is 0 Å². The molecule has 1 aliphatic rings. The van der Waals surface area contributed by atoms with Crippen molar-refractivity contribution < 1.29 is 55.7 Å². The third-order valence-electron chi connectivity index (χ3n) is 3.57. The molecule has 190 valence electrons. The van der Waals surface area contributed by atoms with Crippen molar-refractivity contribution >= 4 is 23.7 Å². The Labute approximate surface area is 188 Å². The lowest BCUT2D eigenvalue weighted by atomic mass is 10.1. The standard InChI is InChI=1S/C14H18N4O2.2C2HF3O2/c1-8(2)20-14(19)12-4-10(5-15)13(17-9(12)3)18-6-11(16)7-18;2*3-2(4,5)1(6)7/h4,8,11H,6-7,16H2,1-3H3;2*(H,6,7). The summed E-state index contributed by atoms with van der Waals surface area (Å²) in [6.45, 7) is 6.65. The van der Waals surface area contributed by atoms with Gasteiger partial charge in [0.1, 0.15) is 11.9 Å². The number of carboxylic acids is 2. The predicted octanol–water partition coefficient (Wildman–Crippen LogP) is 2.24. The molecule has 2 rings (SSSR count). The van der Waals surface area contributed by atoms with Gasteiger partial charge in [0, 0.05) is 19.1 Å². The highest BCUT2D eigenvalue weighted by molar-refractivity contribution is 5.91. The maximum absolute atomic E-state index is 12.0. The van der Waals surface area contributed by atoms with Crippen LogP contribution in [-0.2, 0) is 14.3 Å². The van der Waals surface area contributed by atoms with E-state index in [1.165, 1.54) is 0 Å². The van der Waals surface area contributed by atoms with Crippen LogP contribution in [0.4, 0.5) is 32.2 Å². The van der Waals surface area contributed by atoms with E-state index >= 15 is 0 Å². The first-order valence-corrected chi connectivity index (χ1v) is 9.04. The summed E-state index contributed by atoms with van der Waals surface area (Å²) in [6.07, 6.45) is -10.4. The number of carboxylic acid groups (broad SMARTS) is 2. The fraction of sp³-hybridized carbons (Fsp3) is 0.500. The zero-order chi connectivity index (χ0) is 27.0. The summed E-state index contributed by atoms with van der Waals surface area (Å²) in [5, 5.41) is 23.5. The summed E-state index contributed by atoms with van der Waals surface area (Å²) in [5.74, 6) is -5.37. The second-order valence-corrected chi connectivity index (χ2v) is 6.83. The van der Waals surface area contributed by atoms with Crippen LogP contribution in [0.3, 0.4) is 0 Å². The van der Waals surface area contributed by atoms with Gasteiger partial charge in [-0.05, 0) is 26.8 Å². The van der Waals surface area contributed by atoms with Gasteiger partial charge >= 0.3 is 30.3 Å². The molecule has 4 N–H and O–H groups in total. The highest BCUT2D eigenvalue weighted by atomic mass is 19.4. The van der Waals surface area contributed by atoms with Gasteiger partial charge in [0.25, 0.3) is 0 Å². The molecular weight excluding hydrogens is 482 g/mol. The first-order valence-electron chi connectivity index (χ1n) is 9.04. The van der Waals surface area contributed by atoms with E-state index in [-0.39, 0.29) is 12.1 Å². The number of alkyl halides is 6. The van der Waals surface area contributed by atoms with Gasteiger partial charge in [-0.15, -0.1) is 0 Å². The molecule has 0 aromatic carbocycles. The molecule has 1 saturated heterocycles. The van der Waals surface area contributed by atoms with E-state index in [0.717, 1.165) is 0 Å². The summed E-state index contributed by atoms with van der Waals surface area (Å²) in [4.78, 5) is 36.1. The lowest BCUT2D eigenvalue weighted by Gasteiger charge is -2.38. The number of anilines is 1. The van der Waals surface area contributed by atoms with Crippen LogP contribution in [0.25, 0.3) is 0 Å². The number of nitriles is 1. The molecule has 16 heteroatoms. The molecule has 1 aliphatic heterocycles. The van der Waals surface area contributed by atoms with Gasteiger partial charge in [-0.2, -0.15) is 31.6 Å². The second kappa shape index (κ2) is 12.0. The smallest absolute Gasteiger partial charge is 0.475 e. The predicted molar refractivity (Wildman–Crippen MR) is 102 cm³/mol. The number of ether oxygens (including phenoxy) is 1. The Kier molecular flexibility index (Phi) is 10.7. The number of carbonyl (C=O) groups is 3. The summed E-state index contributed by atoms with van der Waals surface area (Å²) < 4.78 is 68.6. The number of rotatable bonds is 3. The quantitative estimate of drug-likeness (QED) is 0.412. The van der Waals surface area contributed by atoms with Crippen LogP contribution in [-0.4, -0.2) is 70.7 Å². The number of pyridine rings is 1. The molecule has 0 saturated carbocycles. The highest BCUT2D eigenvalue weighted by Crippen LogP contribution is 2.25. The molecular formula is C18H20F6N4O6. The number of esters is 1. The van der Waals surface area contributed by atoms with E-state index in [4.69, 9.17) is 30.3 Å². The van der Waals surface area contributed by atoms with Crippen molar-refractivity contribution in [3.63, 3.8) is 0 Å². The first kappa shape index (κ1) is 30.4. The number of nitrogens with two attached hydrogens (primary N) is 1. The monoisotopic (exact) mass is 502 g/mol. The molecule has 0 radical (unpaired) electrons. The Morgan fingerprint density at radius 2 is 1.56 bits per heavy atom. The zero-order valence-electron chi connectivity index (χ0n) is 17.9. The zero-order valence-corrected chi connectivity index (χ0v) is 17.9. The van der Waals surface area contributed by atoms with Crippen molar-refractivity contribution in [2.24, 2.45) is 5.73 Å². The minimum Gasteiger partial charge on any atom is -0.475 e. The SMILES string of the molecule is Cc1nc(N2CC(N)C2)c(C#N)cc1C(=O)OC(C)C.O=C(O)C(F)(F)F.O=C(O)C(F)(F)F. The molecule has 0 aliphatic carbocycles. The van der Waals surface area contributed by atoms with Crippen molar-refractivity contribution in [2.75, 3.05) is 18.0 Å². The topological polar surface area (TPSA) is 167 Å². The lowest BCUT2D eigenvalue weighted by Crippen LogP contribution is -2.56. The number of nitrogens with zero attached hydrogens (tertiary/aromatic N) is 3. The molecule has 1 aromatic rings. The Morgan fingerprint density at radius 3 is 1.85 bits per heavy atom. The van der Waals surface area contributed by atoms with Gasteiger partial charge in [0.05, 0.1) is 22.9 Å². The van der Waals surface area contributed by atoms with Crippen LogP contribution < -0.4 is 10.6 Å². The van der Waals surface area contributed by atoms with Gasteiger partial charge < -0.3 is 25.6 Å². The maximum atomic E-state index is 12.0. The number of hydrogen-bond donors (Lipinski definition) is 3.